The van der Waals surface area contributed by atoms with Gasteiger partial charge in [-0.25, -0.2) is 9.07 Å². The molecule has 2 aromatic rings. The molecule has 106 valence electrons. The van der Waals surface area contributed by atoms with Gasteiger partial charge in [-0.2, -0.15) is 0 Å². The maximum atomic E-state index is 13.8. The van der Waals surface area contributed by atoms with E-state index >= 15 is 0 Å². The van der Waals surface area contributed by atoms with Gasteiger partial charge in [-0.1, -0.05) is 11.3 Å². The minimum Gasteiger partial charge on any atom is -0.330 e. The molecule has 0 saturated heterocycles. The maximum Gasteiger partial charge on any atom is 0.297 e. The lowest BCUT2D eigenvalue weighted by atomic mass is 10.2. The summed E-state index contributed by atoms with van der Waals surface area (Å²) in [6.45, 7) is 0.590. The summed E-state index contributed by atoms with van der Waals surface area (Å²) < 4.78 is 14.9. The first-order valence-corrected chi connectivity index (χ1v) is 6.18. The van der Waals surface area contributed by atoms with Gasteiger partial charge < -0.3 is 5.73 Å². The fraction of sp³-hybridized carbons (Fsp3) is 0.333. The van der Waals surface area contributed by atoms with Crippen molar-refractivity contribution in [1.29, 1.82) is 0 Å². The maximum absolute atomic E-state index is 13.8. The van der Waals surface area contributed by atoms with Gasteiger partial charge in [-0.3, -0.25) is 10.1 Å². The predicted molar refractivity (Wildman–Crippen MR) is 70.0 cm³/mol. The van der Waals surface area contributed by atoms with Gasteiger partial charge in [-0.05, 0) is 31.9 Å². The number of aromatic nitrogens is 3. The minimum absolute atomic E-state index is 0.199. The Balaban J connectivity index is 2.30. The Labute approximate surface area is 114 Å². The van der Waals surface area contributed by atoms with Crippen molar-refractivity contribution in [1.82, 2.24) is 15.0 Å². The number of nitro groups is 1. The Morgan fingerprint density at radius 3 is 2.90 bits per heavy atom. The summed E-state index contributed by atoms with van der Waals surface area (Å²) in [5.74, 6) is -0.711. The fourth-order valence-electron chi connectivity index (χ4n) is 1.85. The van der Waals surface area contributed by atoms with Crippen LogP contribution in [0.4, 0.5) is 10.1 Å². The molecule has 0 spiro atoms. The number of hydrogen-bond acceptors (Lipinski definition) is 5. The molecular weight excluding hydrogens is 265 g/mol. The van der Waals surface area contributed by atoms with E-state index in [0.29, 0.717) is 18.7 Å². The summed E-state index contributed by atoms with van der Waals surface area (Å²) in [6, 6.07) is 3.67. The SMILES string of the molecule is NCCCCc1cn(-c2c(F)cccc2[N+](=O)[O-])nn1. The summed E-state index contributed by atoms with van der Waals surface area (Å²) in [6.07, 6.45) is 3.85. The van der Waals surface area contributed by atoms with Crippen LogP contribution in [0.2, 0.25) is 0 Å². The largest absolute Gasteiger partial charge is 0.330 e. The highest BCUT2D eigenvalue weighted by Crippen LogP contribution is 2.24. The standard InChI is InChI=1S/C12H14FN5O2/c13-10-5-3-6-11(18(19)20)12(10)17-8-9(15-16-17)4-1-2-7-14/h3,5-6,8H,1-2,4,7,14H2. The van der Waals surface area contributed by atoms with Gasteiger partial charge in [0.05, 0.1) is 16.8 Å². The number of rotatable bonds is 6. The van der Waals surface area contributed by atoms with Crippen molar-refractivity contribution in [2.75, 3.05) is 6.54 Å². The third kappa shape index (κ3) is 2.97. The predicted octanol–water partition coefficient (Wildman–Crippen LogP) is 1.60. The third-order valence-electron chi connectivity index (χ3n) is 2.82. The van der Waals surface area contributed by atoms with Crippen LogP contribution in [0.3, 0.4) is 0 Å². The molecule has 0 radical (unpaired) electrons. The van der Waals surface area contributed by atoms with Crippen LogP contribution in [0, 0.1) is 15.9 Å². The van der Waals surface area contributed by atoms with Crippen molar-refractivity contribution in [2.45, 2.75) is 19.3 Å². The van der Waals surface area contributed by atoms with Crippen LogP contribution >= 0.6 is 0 Å². The van der Waals surface area contributed by atoms with Crippen LogP contribution < -0.4 is 5.73 Å². The fourth-order valence-corrected chi connectivity index (χ4v) is 1.85. The van der Waals surface area contributed by atoms with E-state index in [4.69, 9.17) is 5.73 Å². The lowest BCUT2D eigenvalue weighted by molar-refractivity contribution is -0.384. The van der Waals surface area contributed by atoms with Crippen molar-refractivity contribution in [3.05, 3.63) is 46.0 Å². The molecule has 1 heterocycles. The van der Waals surface area contributed by atoms with Crippen LogP contribution in [-0.4, -0.2) is 26.5 Å². The first-order valence-electron chi connectivity index (χ1n) is 6.18. The van der Waals surface area contributed by atoms with Gasteiger partial charge in [0.15, 0.2) is 11.5 Å². The van der Waals surface area contributed by atoms with Crippen LogP contribution in [0.1, 0.15) is 18.5 Å². The number of aryl methyl sites for hydroxylation is 1. The Morgan fingerprint density at radius 2 is 2.20 bits per heavy atom. The number of nitrogens with zero attached hydrogens (tertiary/aromatic N) is 4. The van der Waals surface area contributed by atoms with Crippen LogP contribution in [0.25, 0.3) is 5.69 Å². The Kier molecular flexibility index (Phi) is 4.36. The molecule has 1 aromatic carbocycles. The van der Waals surface area contributed by atoms with Crippen molar-refractivity contribution in [3.8, 4) is 5.69 Å². The summed E-state index contributed by atoms with van der Waals surface area (Å²) in [7, 11) is 0. The van der Waals surface area contributed by atoms with Crippen LogP contribution in [0.5, 0.6) is 0 Å². The molecule has 0 aliphatic carbocycles. The molecule has 2 N–H and O–H groups in total. The van der Waals surface area contributed by atoms with E-state index in [2.05, 4.69) is 10.3 Å². The third-order valence-corrected chi connectivity index (χ3v) is 2.82. The second kappa shape index (κ2) is 6.20. The van der Waals surface area contributed by atoms with Gasteiger partial charge in [0, 0.05) is 6.07 Å². The highest BCUT2D eigenvalue weighted by Gasteiger charge is 2.20. The minimum atomic E-state index is -0.711. The van der Waals surface area contributed by atoms with E-state index in [0.717, 1.165) is 23.6 Å². The number of hydrogen-bond donors (Lipinski definition) is 1. The van der Waals surface area contributed by atoms with Crippen LogP contribution in [0.15, 0.2) is 24.4 Å². The van der Waals surface area contributed by atoms with Gasteiger partial charge in [-0.15, -0.1) is 5.10 Å². The normalized spacial score (nSPS) is 10.7. The Morgan fingerprint density at radius 1 is 1.40 bits per heavy atom. The number of para-hydroxylation sites is 1. The molecule has 0 amide bonds. The average Bonchev–Trinajstić information content (AvgIpc) is 2.87. The van der Waals surface area contributed by atoms with Crippen molar-refractivity contribution in [3.63, 3.8) is 0 Å². The second-order valence-electron chi connectivity index (χ2n) is 4.26. The van der Waals surface area contributed by atoms with E-state index in [1.807, 2.05) is 0 Å². The zero-order valence-electron chi connectivity index (χ0n) is 10.7. The summed E-state index contributed by atoms with van der Waals surface area (Å²) in [5.41, 5.74) is 5.50. The van der Waals surface area contributed by atoms with Crippen LogP contribution in [-0.2, 0) is 6.42 Å². The molecule has 7 nitrogen and oxygen atoms in total. The molecule has 0 bridgehead atoms. The van der Waals surface area contributed by atoms with Crippen molar-refractivity contribution in [2.24, 2.45) is 5.73 Å². The quantitative estimate of drug-likeness (QED) is 0.491. The summed E-state index contributed by atoms with van der Waals surface area (Å²) in [4.78, 5) is 10.3. The number of benzene rings is 1. The van der Waals surface area contributed by atoms with E-state index < -0.39 is 10.7 Å². The zero-order valence-corrected chi connectivity index (χ0v) is 10.7. The highest BCUT2D eigenvalue weighted by atomic mass is 19.1. The molecule has 0 fully saturated rings. The highest BCUT2D eigenvalue weighted by molar-refractivity contribution is 5.52. The summed E-state index contributed by atoms with van der Waals surface area (Å²) in [5, 5.41) is 18.6. The monoisotopic (exact) mass is 279 g/mol. The van der Waals surface area contributed by atoms with Crippen molar-refractivity contribution >= 4 is 5.69 Å². The molecule has 8 heteroatoms. The van der Waals surface area contributed by atoms with E-state index in [1.54, 1.807) is 0 Å². The Bertz CT molecular complexity index is 614. The molecule has 20 heavy (non-hydrogen) atoms. The average molecular weight is 279 g/mol. The summed E-state index contributed by atoms with van der Waals surface area (Å²) >= 11 is 0. The number of nitro benzene ring substituents is 1. The second-order valence-corrected chi connectivity index (χ2v) is 4.26. The molecule has 0 aliphatic heterocycles. The number of unbranched alkanes of at least 4 members (excludes halogenated alkanes) is 1. The molecule has 0 unspecified atom stereocenters. The van der Waals surface area contributed by atoms with Gasteiger partial charge in [0.2, 0.25) is 0 Å². The zero-order chi connectivity index (χ0) is 14.5. The molecular formula is C12H14FN5O2. The molecule has 0 aliphatic rings. The molecule has 0 saturated carbocycles. The number of nitrogens with two attached hydrogens (primary N) is 1. The first kappa shape index (κ1) is 14.1. The van der Waals surface area contributed by atoms with E-state index in [1.165, 1.54) is 18.3 Å². The number of halogens is 1. The Hall–Kier alpha value is -2.35. The molecule has 0 atom stereocenters. The van der Waals surface area contributed by atoms with Gasteiger partial charge >= 0.3 is 0 Å². The lowest BCUT2D eigenvalue weighted by Gasteiger charge is -2.02. The van der Waals surface area contributed by atoms with E-state index in [-0.39, 0.29) is 11.4 Å². The van der Waals surface area contributed by atoms with Gasteiger partial charge in [0.1, 0.15) is 0 Å². The lowest BCUT2D eigenvalue weighted by Crippen LogP contribution is -2.03. The molecule has 1 aromatic heterocycles. The van der Waals surface area contributed by atoms with Gasteiger partial charge in [0.25, 0.3) is 5.69 Å². The molecule has 2 rings (SSSR count). The van der Waals surface area contributed by atoms with E-state index in [9.17, 15) is 14.5 Å². The first-order chi connectivity index (χ1) is 9.63. The van der Waals surface area contributed by atoms with Crippen molar-refractivity contribution < 1.29 is 9.31 Å². The smallest absolute Gasteiger partial charge is 0.297 e. The topological polar surface area (TPSA) is 99.9 Å².